The van der Waals surface area contributed by atoms with E-state index in [2.05, 4.69) is 133 Å². The summed E-state index contributed by atoms with van der Waals surface area (Å²) in [6.07, 6.45) is 0. The van der Waals surface area contributed by atoms with Crippen LogP contribution in [0, 0.1) is 0 Å². The highest BCUT2D eigenvalue weighted by atomic mass is 16.3. The second kappa shape index (κ2) is 11.9. The normalized spacial score (nSPS) is 11.5. The third-order valence-corrected chi connectivity index (χ3v) is 9.75. The van der Waals surface area contributed by atoms with Crippen LogP contribution in [0.25, 0.3) is 99.9 Å². The highest BCUT2D eigenvalue weighted by molar-refractivity contribution is 6.24. The highest BCUT2D eigenvalue weighted by Gasteiger charge is 2.22. The molecule has 2 aromatic heterocycles. The summed E-state index contributed by atoms with van der Waals surface area (Å²) >= 11 is 0. The maximum absolute atomic E-state index is 6.83. The summed E-state index contributed by atoms with van der Waals surface area (Å²) in [4.78, 5) is 15.5. The molecule has 10 aromatic rings. The molecule has 0 unspecified atom stereocenters. The molecule has 4 heteroatoms. The van der Waals surface area contributed by atoms with Crippen LogP contribution in [0.1, 0.15) is 0 Å². The molecule has 0 aliphatic heterocycles. The van der Waals surface area contributed by atoms with Crippen LogP contribution >= 0.6 is 0 Å². The van der Waals surface area contributed by atoms with Gasteiger partial charge < -0.3 is 4.42 Å². The molecular formula is C47H29N3O. The van der Waals surface area contributed by atoms with Crippen LogP contribution in [0.5, 0.6) is 0 Å². The zero-order valence-electron chi connectivity index (χ0n) is 27.5. The number of hydrogen-bond acceptors (Lipinski definition) is 4. The van der Waals surface area contributed by atoms with Crippen LogP contribution in [0.2, 0.25) is 0 Å². The Labute approximate surface area is 294 Å². The number of fused-ring (bicyclic) bond motifs is 6. The Morgan fingerprint density at radius 3 is 1.51 bits per heavy atom. The van der Waals surface area contributed by atoms with Gasteiger partial charge in [0.25, 0.3) is 0 Å². The molecule has 238 valence electrons. The van der Waals surface area contributed by atoms with E-state index in [4.69, 9.17) is 19.4 Å². The number of hydrogen-bond donors (Lipinski definition) is 0. The molecule has 0 amide bonds. The maximum atomic E-state index is 6.83. The fraction of sp³-hybridized carbons (Fsp3) is 0. The average molecular weight is 652 g/mol. The summed E-state index contributed by atoms with van der Waals surface area (Å²) in [6.45, 7) is 0. The third-order valence-electron chi connectivity index (χ3n) is 9.75. The van der Waals surface area contributed by atoms with Gasteiger partial charge in [0.05, 0.1) is 5.56 Å². The van der Waals surface area contributed by atoms with Crippen LogP contribution in [0.15, 0.2) is 180 Å². The molecular weight excluding hydrogens is 623 g/mol. The molecule has 0 aliphatic rings. The van der Waals surface area contributed by atoms with Gasteiger partial charge in [-0.2, -0.15) is 0 Å². The van der Waals surface area contributed by atoms with Crippen molar-refractivity contribution in [1.82, 2.24) is 15.0 Å². The number of rotatable bonds is 5. The van der Waals surface area contributed by atoms with E-state index in [0.717, 1.165) is 71.3 Å². The quantitative estimate of drug-likeness (QED) is 0.186. The lowest BCUT2D eigenvalue weighted by molar-refractivity contribution is 0.670. The van der Waals surface area contributed by atoms with Crippen molar-refractivity contribution in [3.05, 3.63) is 176 Å². The Morgan fingerprint density at radius 2 is 0.804 bits per heavy atom. The number of nitrogens with zero attached hydrogens (tertiary/aromatic N) is 3. The summed E-state index contributed by atoms with van der Waals surface area (Å²) < 4.78 is 6.83. The lowest BCUT2D eigenvalue weighted by Gasteiger charge is -2.13. The van der Waals surface area contributed by atoms with Crippen LogP contribution in [0.3, 0.4) is 0 Å². The van der Waals surface area contributed by atoms with Crippen molar-refractivity contribution in [3.8, 4) is 56.4 Å². The van der Waals surface area contributed by atoms with Gasteiger partial charge in [-0.25, -0.2) is 15.0 Å². The predicted octanol–water partition coefficient (Wildman–Crippen LogP) is 12.4. The highest BCUT2D eigenvalue weighted by Crippen LogP contribution is 2.44. The molecule has 0 N–H and O–H groups in total. The van der Waals surface area contributed by atoms with Gasteiger partial charge in [-0.15, -0.1) is 0 Å². The van der Waals surface area contributed by atoms with Crippen molar-refractivity contribution in [2.24, 2.45) is 0 Å². The van der Waals surface area contributed by atoms with E-state index in [0.29, 0.717) is 17.5 Å². The molecule has 10 rings (SSSR count). The van der Waals surface area contributed by atoms with E-state index >= 15 is 0 Å². The monoisotopic (exact) mass is 651 g/mol. The van der Waals surface area contributed by atoms with E-state index < -0.39 is 0 Å². The maximum Gasteiger partial charge on any atom is 0.167 e. The lowest BCUT2D eigenvalue weighted by Crippen LogP contribution is -2.01. The number of benzene rings is 8. The van der Waals surface area contributed by atoms with Crippen molar-refractivity contribution < 1.29 is 4.42 Å². The Morgan fingerprint density at radius 1 is 0.314 bits per heavy atom. The third kappa shape index (κ3) is 4.88. The van der Waals surface area contributed by atoms with Crippen LogP contribution in [0.4, 0.5) is 0 Å². The van der Waals surface area contributed by atoms with E-state index in [-0.39, 0.29) is 0 Å². The molecule has 8 aromatic carbocycles. The fourth-order valence-corrected chi connectivity index (χ4v) is 7.37. The summed E-state index contributed by atoms with van der Waals surface area (Å²) in [7, 11) is 0. The first-order chi connectivity index (χ1) is 25.3. The summed E-state index contributed by atoms with van der Waals surface area (Å²) in [5.41, 5.74) is 8.81. The molecule has 51 heavy (non-hydrogen) atoms. The molecule has 0 radical (unpaired) electrons. The standard InChI is InChI=1S/C47H29N3O/c1-4-14-30(15-5-1)34-25-27-39(38-23-13-12-22-37(34)38)46-48-45(33-19-8-3-9-20-33)49-47(50-46)40-28-26-36(31-16-6-2-7-17-31)43-42-35-21-11-10-18-32(35)24-29-41(42)51-44(40)43/h1-29H. The van der Waals surface area contributed by atoms with Crippen molar-refractivity contribution >= 4 is 43.5 Å². The number of aromatic nitrogens is 3. The minimum atomic E-state index is 0.558. The van der Waals surface area contributed by atoms with E-state index in [1.165, 1.54) is 11.1 Å². The number of furan rings is 1. The molecule has 2 heterocycles. The summed E-state index contributed by atoms with van der Waals surface area (Å²) in [5, 5.41) is 6.67. The second-order valence-corrected chi connectivity index (χ2v) is 12.7. The molecule has 0 atom stereocenters. The summed E-state index contributed by atoms with van der Waals surface area (Å²) in [5.74, 6) is 1.77. The van der Waals surface area contributed by atoms with Gasteiger partial charge in [-0.05, 0) is 62.0 Å². The van der Waals surface area contributed by atoms with Gasteiger partial charge in [-0.1, -0.05) is 158 Å². The van der Waals surface area contributed by atoms with Gasteiger partial charge in [-0.3, -0.25) is 0 Å². The van der Waals surface area contributed by atoms with Crippen molar-refractivity contribution in [2.45, 2.75) is 0 Å². The van der Waals surface area contributed by atoms with E-state index in [1.54, 1.807) is 0 Å². The topological polar surface area (TPSA) is 51.8 Å². The van der Waals surface area contributed by atoms with Gasteiger partial charge in [0.2, 0.25) is 0 Å². The zero-order valence-corrected chi connectivity index (χ0v) is 27.5. The second-order valence-electron chi connectivity index (χ2n) is 12.7. The van der Waals surface area contributed by atoms with E-state index in [1.807, 2.05) is 42.5 Å². The van der Waals surface area contributed by atoms with Crippen molar-refractivity contribution in [1.29, 1.82) is 0 Å². The van der Waals surface area contributed by atoms with Crippen LogP contribution in [-0.4, -0.2) is 15.0 Å². The molecule has 0 aliphatic carbocycles. The first-order valence-corrected chi connectivity index (χ1v) is 17.1. The summed E-state index contributed by atoms with van der Waals surface area (Å²) in [6, 6.07) is 60.9. The smallest absolute Gasteiger partial charge is 0.167 e. The fourth-order valence-electron chi connectivity index (χ4n) is 7.37. The predicted molar refractivity (Wildman–Crippen MR) is 209 cm³/mol. The SMILES string of the molecule is c1ccc(-c2nc(-c3ccc(-c4ccccc4)c4ccccc34)nc(-c3ccc(-c4ccccc4)c4c3oc3ccc5ccccc5c34)n2)cc1. The molecule has 0 saturated carbocycles. The van der Waals surface area contributed by atoms with E-state index in [9.17, 15) is 0 Å². The van der Waals surface area contributed by atoms with Crippen molar-refractivity contribution in [3.63, 3.8) is 0 Å². The molecule has 0 fully saturated rings. The first-order valence-electron chi connectivity index (χ1n) is 17.1. The van der Waals surface area contributed by atoms with Gasteiger partial charge in [0, 0.05) is 21.9 Å². The van der Waals surface area contributed by atoms with Gasteiger partial charge >= 0.3 is 0 Å². The van der Waals surface area contributed by atoms with Crippen LogP contribution in [-0.2, 0) is 0 Å². The molecule has 0 spiro atoms. The Kier molecular flexibility index (Phi) is 6.78. The average Bonchev–Trinajstić information content (AvgIpc) is 3.61. The largest absolute Gasteiger partial charge is 0.455 e. The van der Waals surface area contributed by atoms with Gasteiger partial charge in [0.15, 0.2) is 17.5 Å². The van der Waals surface area contributed by atoms with Crippen molar-refractivity contribution in [2.75, 3.05) is 0 Å². The minimum Gasteiger partial charge on any atom is -0.455 e. The zero-order chi connectivity index (χ0) is 33.7. The Hall–Kier alpha value is -6.91. The lowest BCUT2D eigenvalue weighted by atomic mass is 9.94. The van der Waals surface area contributed by atoms with Gasteiger partial charge in [0.1, 0.15) is 11.2 Å². The minimum absolute atomic E-state index is 0.558. The molecule has 4 nitrogen and oxygen atoms in total. The first kappa shape index (κ1) is 29.0. The Bertz CT molecular complexity index is 2900. The molecule has 0 bridgehead atoms. The van der Waals surface area contributed by atoms with Crippen LogP contribution < -0.4 is 0 Å². The Balaban J connectivity index is 1.27. The molecule has 0 saturated heterocycles.